The quantitative estimate of drug-likeness (QED) is 0.877. The van der Waals surface area contributed by atoms with Crippen molar-refractivity contribution in [3.63, 3.8) is 0 Å². The van der Waals surface area contributed by atoms with Crippen molar-refractivity contribution in [1.82, 2.24) is 9.97 Å². The van der Waals surface area contributed by atoms with Crippen LogP contribution in [-0.4, -0.2) is 27.7 Å². The molecule has 4 nitrogen and oxygen atoms in total. The van der Waals surface area contributed by atoms with Gasteiger partial charge in [0.05, 0.1) is 0 Å². The molecular weight excluding hydrogens is 250 g/mol. The molecule has 106 valence electrons. The summed E-state index contributed by atoms with van der Waals surface area (Å²) in [7, 11) is 0. The third-order valence-electron chi connectivity index (χ3n) is 3.31. The van der Waals surface area contributed by atoms with Gasteiger partial charge in [0.25, 0.3) is 0 Å². The van der Waals surface area contributed by atoms with Gasteiger partial charge in [0, 0.05) is 31.1 Å². The summed E-state index contributed by atoms with van der Waals surface area (Å²) in [6.45, 7) is 4.96. The summed E-state index contributed by atoms with van der Waals surface area (Å²) in [5.41, 5.74) is 2.16. The van der Waals surface area contributed by atoms with Gasteiger partial charge < -0.3 is 10.0 Å². The van der Waals surface area contributed by atoms with E-state index in [0.717, 1.165) is 18.2 Å². The predicted octanol–water partition coefficient (Wildman–Crippen LogP) is 2.56. The van der Waals surface area contributed by atoms with Crippen LogP contribution in [0.1, 0.15) is 24.6 Å². The summed E-state index contributed by atoms with van der Waals surface area (Å²) in [4.78, 5) is 11.0. The second-order valence-electron chi connectivity index (χ2n) is 4.97. The minimum atomic E-state index is 0.165. The molecule has 1 heterocycles. The third-order valence-corrected chi connectivity index (χ3v) is 3.31. The summed E-state index contributed by atoms with van der Waals surface area (Å²) in [6.07, 6.45) is 2.48. The molecule has 0 spiro atoms. The Balaban J connectivity index is 2.25. The van der Waals surface area contributed by atoms with E-state index in [1.807, 2.05) is 31.2 Å². The van der Waals surface area contributed by atoms with E-state index in [0.29, 0.717) is 6.42 Å². The van der Waals surface area contributed by atoms with E-state index >= 15 is 0 Å². The molecule has 0 saturated heterocycles. The molecule has 1 N–H and O–H groups in total. The Morgan fingerprint density at radius 1 is 1.20 bits per heavy atom. The molecule has 1 aromatic carbocycles. The molecule has 0 fully saturated rings. The number of nitrogens with zero attached hydrogens (tertiary/aromatic N) is 3. The standard InChI is InChI=1S/C16H21N3O/c1-13-8-10-17-16(18-13)19(14(2)9-11-20)12-15-6-4-3-5-7-15/h3-8,10,14,20H,9,11-12H2,1-2H3. The summed E-state index contributed by atoms with van der Waals surface area (Å²) < 4.78 is 0. The normalized spacial score (nSPS) is 12.2. The van der Waals surface area contributed by atoms with Crippen LogP contribution in [0.2, 0.25) is 0 Å². The van der Waals surface area contributed by atoms with Gasteiger partial charge in [-0.05, 0) is 31.9 Å². The highest BCUT2D eigenvalue weighted by molar-refractivity contribution is 5.34. The van der Waals surface area contributed by atoms with E-state index in [9.17, 15) is 5.11 Å². The fourth-order valence-corrected chi connectivity index (χ4v) is 2.12. The Hall–Kier alpha value is -1.94. The highest BCUT2D eigenvalue weighted by atomic mass is 16.3. The lowest BCUT2D eigenvalue weighted by Gasteiger charge is -2.29. The fourth-order valence-electron chi connectivity index (χ4n) is 2.12. The molecular formula is C16H21N3O. The van der Waals surface area contributed by atoms with Crippen LogP contribution in [0.25, 0.3) is 0 Å². The summed E-state index contributed by atoms with van der Waals surface area (Å²) in [5.74, 6) is 0.717. The Morgan fingerprint density at radius 3 is 2.60 bits per heavy atom. The molecule has 20 heavy (non-hydrogen) atoms. The van der Waals surface area contributed by atoms with Gasteiger partial charge in [-0.2, -0.15) is 0 Å². The van der Waals surface area contributed by atoms with E-state index in [2.05, 4.69) is 33.9 Å². The molecule has 0 aliphatic rings. The van der Waals surface area contributed by atoms with Crippen molar-refractivity contribution in [3.8, 4) is 0 Å². The second kappa shape index (κ2) is 7.01. The number of aryl methyl sites for hydroxylation is 1. The summed E-state index contributed by atoms with van der Waals surface area (Å²) >= 11 is 0. The lowest BCUT2D eigenvalue weighted by Crippen LogP contribution is -2.34. The van der Waals surface area contributed by atoms with Gasteiger partial charge in [0.15, 0.2) is 0 Å². The number of anilines is 1. The first-order chi connectivity index (χ1) is 9.70. The van der Waals surface area contributed by atoms with Crippen LogP contribution in [0.4, 0.5) is 5.95 Å². The van der Waals surface area contributed by atoms with Crippen molar-refractivity contribution in [2.75, 3.05) is 11.5 Å². The van der Waals surface area contributed by atoms with Crippen LogP contribution in [-0.2, 0) is 6.54 Å². The number of rotatable bonds is 6. The van der Waals surface area contributed by atoms with Gasteiger partial charge in [-0.15, -0.1) is 0 Å². The van der Waals surface area contributed by atoms with Crippen LogP contribution in [0.15, 0.2) is 42.6 Å². The smallest absolute Gasteiger partial charge is 0.226 e. The van der Waals surface area contributed by atoms with E-state index in [-0.39, 0.29) is 12.6 Å². The SMILES string of the molecule is Cc1ccnc(N(Cc2ccccc2)C(C)CCO)n1. The number of aliphatic hydroxyl groups is 1. The molecule has 2 rings (SSSR count). The summed E-state index contributed by atoms with van der Waals surface area (Å²) in [6, 6.07) is 12.3. The lowest BCUT2D eigenvalue weighted by atomic mass is 10.1. The van der Waals surface area contributed by atoms with Gasteiger partial charge in [-0.1, -0.05) is 30.3 Å². The summed E-state index contributed by atoms with van der Waals surface area (Å²) in [5, 5.41) is 9.19. The van der Waals surface area contributed by atoms with Crippen LogP contribution >= 0.6 is 0 Å². The Kier molecular flexibility index (Phi) is 5.07. The van der Waals surface area contributed by atoms with E-state index in [4.69, 9.17) is 0 Å². The van der Waals surface area contributed by atoms with Gasteiger partial charge in [0.1, 0.15) is 0 Å². The van der Waals surface area contributed by atoms with E-state index in [1.54, 1.807) is 6.20 Å². The number of benzene rings is 1. The third kappa shape index (κ3) is 3.78. The first kappa shape index (κ1) is 14.5. The largest absolute Gasteiger partial charge is 0.396 e. The number of hydrogen-bond acceptors (Lipinski definition) is 4. The molecule has 1 atom stereocenters. The lowest BCUT2D eigenvalue weighted by molar-refractivity contribution is 0.275. The van der Waals surface area contributed by atoms with Crippen molar-refractivity contribution in [1.29, 1.82) is 0 Å². The van der Waals surface area contributed by atoms with E-state index < -0.39 is 0 Å². The first-order valence-corrected chi connectivity index (χ1v) is 6.92. The number of aromatic nitrogens is 2. The maximum Gasteiger partial charge on any atom is 0.226 e. The zero-order valence-corrected chi connectivity index (χ0v) is 12.0. The molecule has 0 aliphatic carbocycles. The number of aliphatic hydroxyl groups excluding tert-OH is 1. The predicted molar refractivity (Wildman–Crippen MR) is 80.6 cm³/mol. The average Bonchev–Trinajstić information content (AvgIpc) is 2.46. The van der Waals surface area contributed by atoms with Crippen LogP contribution in [0, 0.1) is 6.92 Å². The average molecular weight is 271 g/mol. The molecule has 4 heteroatoms. The first-order valence-electron chi connectivity index (χ1n) is 6.92. The minimum Gasteiger partial charge on any atom is -0.396 e. The zero-order valence-electron chi connectivity index (χ0n) is 12.0. The zero-order chi connectivity index (χ0) is 14.4. The van der Waals surface area contributed by atoms with Crippen molar-refractivity contribution in [3.05, 3.63) is 53.9 Å². The highest BCUT2D eigenvalue weighted by Gasteiger charge is 2.17. The van der Waals surface area contributed by atoms with Crippen molar-refractivity contribution in [2.24, 2.45) is 0 Å². The van der Waals surface area contributed by atoms with Crippen molar-refractivity contribution in [2.45, 2.75) is 32.9 Å². The molecule has 0 amide bonds. The Bertz CT molecular complexity index is 530. The molecule has 0 aliphatic heterocycles. The molecule has 2 aromatic rings. The van der Waals surface area contributed by atoms with Crippen molar-refractivity contribution >= 4 is 5.95 Å². The maximum absolute atomic E-state index is 9.19. The molecule has 1 aromatic heterocycles. The van der Waals surface area contributed by atoms with Gasteiger partial charge >= 0.3 is 0 Å². The van der Waals surface area contributed by atoms with Crippen LogP contribution in [0.3, 0.4) is 0 Å². The van der Waals surface area contributed by atoms with Crippen LogP contribution < -0.4 is 4.90 Å². The Morgan fingerprint density at radius 2 is 1.95 bits per heavy atom. The molecule has 0 saturated carbocycles. The van der Waals surface area contributed by atoms with Crippen LogP contribution in [0.5, 0.6) is 0 Å². The highest BCUT2D eigenvalue weighted by Crippen LogP contribution is 2.17. The minimum absolute atomic E-state index is 0.165. The van der Waals surface area contributed by atoms with Gasteiger partial charge in [0.2, 0.25) is 5.95 Å². The van der Waals surface area contributed by atoms with Gasteiger partial charge in [-0.3, -0.25) is 0 Å². The molecule has 0 bridgehead atoms. The number of hydrogen-bond donors (Lipinski definition) is 1. The van der Waals surface area contributed by atoms with Crippen molar-refractivity contribution < 1.29 is 5.11 Å². The second-order valence-corrected chi connectivity index (χ2v) is 4.97. The van der Waals surface area contributed by atoms with Gasteiger partial charge in [-0.25, -0.2) is 9.97 Å². The molecule has 0 radical (unpaired) electrons. The molecule has 1 unspecified atom stereocenters. The Labute approximate surface area is 120 Å². The monoisotopic (exact) mass is 271 g/mol. The van der Waals surface area contributed by atoms with E-state index in [1.165, 1.54) is 5.56 Å². The fraction of sp³-hybridized carbons (Fsp3) is 0.375. The maximum atomic E-state index is 9.19. The topological polar surface area (TPSA) is 49.2 Å².